The summed E-state index contributed by atoms with van der Waals surface area (Å²) in [7, 11) is 0. The predicted octanol–water partition coefficient (Wildman–Crippen LogP) is 2.86. The smallest absolute Gasteiger partial charge is 0.239 e. The molecule has 0 radical (unpaired) electrons. The Morgan fingerprint density at radius 3 is 2.85 bits per heavy atom. The number of aromatic nitrogens is 2. The molecule has 20 heavy (non-hydrogen) atoms. The highest BCUT2D eigenvalue weighted by Gasteiger charge is 2.09. The Kier molecular flexibility index (Phi) is 5.43. The van der Waals surface area contributed by atoms with Crippen molar-refractivity contribution in [3.05, 3.63) is 24.3 Å². The van der Waals surface area contributed by atoms with Gasteiger partial charge in [0.1, 0.15) is 5.82 Å². The average molecular weight is 291 g/mol. The molecule has 0 spiro atoms. The highest BCUT2D eigenvalue weighted by atomic mass is 32.2. The van der Waals surface area contributed by atoms with Crippen molar-refractivity contribution in [3.8, 4) is 0 Å². The summed E-state index contributed by atoms with van der Waals surface area (Å²) >= 11 is 1.95. The third-order valence-electron chi connectivity index (χ3n) is 3.01. The van der Waals surface area contributed by atoms with E-state index in [0.29, 0.717) is 12.0 Å². The van der Waals surface area contributed by atoms with Crippen LogP contribution in [0.25, 0.3) is 10.9 Å². The number of nitrogen functional groups attached to an aromatic ring is 1. The Morgan fingerprint density at radius 1 is 1.30 bits per heavy atom. The minimum atomic E-state index is 0.359. The second kappa shape index (κ2) is 7.31. The van der Waals surface area contributed by atoms with Crippen molar-refractivity contribution in [3.63, 3.8) is 0 Å². The van der Waals surface area contributed by atoms with E-state index in [1.165, 1.54) is 0 Å². The molecular formula is C14H21N5S. The van der Waals surface area contributed by atoms with Gasteiger partial charge in [0.25, 0.3) is 0 Å². The fraction of sp³-hybridized carbons (Fsp3) is 0.429. The van der Waals surface area contributed by atoms with Crippen molar-refractivity contribution in [2.24, 2.45) is 5.84 Å². The van der Waals surface area contributed by atoms with E-state index >= 15 is 0 Å². The first kappa shape index (κ1) is 14.9. The summed E-state index contributed by atoms with van der Waals surface area (Å²) in [5, 5.41) is 4.47. The molecule has 1 unspecified atom stereocenters. The highest BCUT2D eigenvalue weighted by Crippen LogP contribution is 2.22. The zero-order valence-corrected chi connectivity index (χ0v) is 12.7. The van der Waals surface area contributed by atoms with E-state index in [2.05, 4.69) is 34.6 Å². The maximum atomic E-state index is 5.43. The van der Waals surface area contributed by atoms with E-state index in [1.807, 2.05) is 36.0 Å². The number of para-hydroxylation sites is 1. The van der Waals surface area contributed by atoms with E-state index < -0.39 is 0 Å². The molecule has 0 saturated carbocycles. The lowest BCUT2D eigenvalue weighted by Crippen LogP contribution is -2.19. The van der Waals surface area contributed by atoms with Crippen LogP contribution in [0.5, 0.6) is 0 Å². The minimum Gasteiger partial charge on any atom is -0.367 e. The zero-order valence-electron chi connectivity index (χ0n) is 11.9. The number of anilines is 2. The van der Waals surface area contributed by atoms with Crippen molar-refractivity contribution < 1.29 is 0 Å². The molecule has 0 saturated heterocycles. The van der Waals surface area contributed by atoms with Crippen molar-refractivity contribution in [2.75, 3.05) is 22.2 Å². The summed E-state index contributed by atoms with van der Waals surface area (Å²) in [5.41, 5.74) is 3.40. The SMILES string of the molecule is CCSCCC(C)Nc1nc(NN)nc2ccccc12. The number of nitrogens with zero attached hydrogens (tertiary/aromatic N) is 2. The van der Waals surface area contributed by atoms with E-state index in [4.69, 9.17) is 5.84 Å². The van der Waals surface area contributed by atoms with Gasteiger partial charge in [-0.2, -0.15) is 16.7 Å². The Balaban J connectivity index is 2.19. The van der Waals surface area contributed by atoms with E-state index in [0.717, 1.165) is 34.6 Å². The lowest BCUT2D eigenvalue weighted by Gasteiger charge is -2.16. The van der Waals surface area contributed by atoms with Gasteiger partial charge in [-0.1, -0.05) is 19.1 Å². The first-order chi connectivity index (χ1) is 9.74. The normalized spacial score (nSPS) is 12.3. The third-order valence-corrected chi connectivity index (χ3v) is 3.95. The van der Waals surface area contributed by atoms with Crippen LogP contribution in [0, 0.1) is 0 Å². The summed E-state index contributed by atoms with van der Waals surface area (Å²) < 4.78 is 0. The van der Waals surface area contributed by atoms with Crippen LogP contribution in [-0.4, -0.2) is 27.5 Å². The van der Waals surface area contributed by atoms with E-state index in [9.17, 15) is 0 Å². The van der Waals surface area contributed by atoms with Crippen LogP contribution in [0.15, 0.2) is 24.3 Å². The number of nitrogens with two attached hydrogens (primary N) is 1. The van der Waals surface area contributed by atoms with Crippen molar-refractivity contribution in [2.45, 2.75) is 26.3 Å². The van der Waals surface area contributed by atoms with Crippen LogP contribution >= 0.6 is 11.8 Å². The predicted molar refractivity (Wildman–Crippen MR) is 88.0 cm³/mol. The number of hydrogen-bond donors (Lipinski definition) is 3. The molecule has 2 rings (SSSR count). The molecular weight excluding hydrogens is 270 g/mol. The monoisotopic (exact) mass is 291 g/mol. The van der Waals surface area contributed by atoms with Gasteiger partial charge in [-0.15, -0.1) is 0 Å². The van der Waals surface area contributed by atoms with Gasteiger partial charge < -0.3 is 5.32 Å². The summed E-state index contributed by atoms with van der Waals surface area (Å²) in [4.78, 5) is 8.77. The first-order valence-corrected chi connectivity index (χ1v) is 7.97. The van der Waals surface area contributed by atoms with Crippen molar-refractivity contribution >= 4 is 34.4 Å². The van der Waals surface area contributed by atoms with Crippen molar-refractivity contribution in [1.82, 2.24) is 9.97 Å². The number of rotatable bonds is 7. The standard InChI is InChI=1S/C14H21N5S/c1-3-20-9-8-10(2)16-13-11-6-4-5-7-12(11)17-14(18-13)19-15/h4-7,10H,3,8-9,15H2,1-2H3,(H2,16,17,18,19). The van der Waals surface area contributed by atoms with Crippen LogP contribution in [0.3, 0.4) is 0 Å². The molecule has 0 aliphatic carbocycles. The summed E-state index contributed by atoms with van der Waals surface area (Å²) in [6, 6.07) is 8.29. The van der Waals surface area contributed by atoms with Crippen LogP contribution < -0.4 is 16.6 Å². The molecule has 1 aromatic heterocycles. The maximum Gasteiger partial charge on any atom is 0.239 e. The van der Waals surface area contributed by atoms with Gasteiger partial charge in [0.2, 0.25) is 5.95 Å². The first-order valence-electron chi connectivity index (χ1n) is 6.82. The number of hydrogen-bond acceptors (Lipinski definition) is 6. The summed E-state index contributed by atoms with van der Waals surface area (Å²) in [6.45, 7) is 4.35. The van der Waals surface area contributed by atoms with E-state index in [1.54, 1.807) is 0 Å². The quantitative estimate of drug-likeness (QED) is 0.414. The molecule has 0 bridgehead atoms. The van der Waals surface area contributed by atoms with Crippen LogP contribution in [0.2, 0.25) is 0 Å². The Morgan fingerprint density at radius 2 is 2.10 bits per heavy atom. The largest absolute Gasteiger partial charge is 0.367 e. The Bertz CT molecular complexity index is 560. The van der Waals surface area contributed by atoms with Crippen LogP contribution in [0.1, 0.15) is 20.3 Å². The molecule has 0 aliphatic heterocycles. The number of thioether (sulfide) groups is 1. The molecule has 5 nitrogen and oxygen atoms in total. The number of nitrogens with one attached hydrogen (secondary N) is 2. The number of hydrazine groups is 1. The van der Waals surface area contributed by atoms with Gasteiger partial charge in [-0.25, -0.2) is 10.8 Å². The molecule has 0 aliphatic rings. The van der Waals surface area contributed by atoms with Gasteiger partial charge in [-0.3, -0.25) is 5.43 Å². The van der Waals surface area contributed by atoms with Gasteiger partial charge in [-0.05, 0) is 37.0 Å². The highest BCUT2D eigenvalue weighted by molar-refractivity contribution is 7.99. The van der Waals surface area contributed by atoms with Gasteiger partial charge in [0, 0.05) is 11.4 Å². The van der Waals surface area contributed by atoms with Crippen LogP contribution in [-0.2, 0) is 0 Å². The van der Waals surface area contributed by atoms with E-state index in [-0.39, 0.29) is 0 Å². The third kappa shape index (κ3) is 3.74. The Labute approximate surface area is 123 Å². The minimum absolute atomic E-state index is 0.359. The zero-order chi connectivity index (χ0) is 14.4. The average Bonchev–Trinajstić information content (AvgIpc) is 2.47. The lowest BCUT2D eigenvalue weighted by atomic mass is 10.2. The fourth-order valence-corrected chi connectivity index (χ4v) is 2.77. The number of benzene rings is 1. The molecule has 2 aromatic rings. The van der Waals surface area contributed by atoms with Gasteiger partial charge in [0.15, 0.2) is 0 Å². The second-order valence-corrected chi connectivity index (χ2v) is 5.98. The maximum absolute atomic E-state index is 5.43. The second-order valence-electron chi connectivity index (χ2n) is 4.59. The van der Waals surface area contributed by atoms with Gasteiger partial charge in [0.05, 0.1) is 5.52 Å². The molecule has 108 valence electrons. The molecule has 1 heterocycles. The molecule has 1 aromatic carbocycles. The molecule has 6 heteroatoms. The fourth-order valence-electron chi connectivity index (χ4n) is 1.96. The molecule has 0 fully saturated rings. The summed E-state index contributed by atoms with van der Waals surface area (Å²) in [5.74, 6) is 9.00. The Hall–Kier alpha value is -1.53. The molecule has 4 N–H and O–H groups in total. The lowest BCUT2D eigenvalue weighted by molar-refractivity contribution is 0.767. The molecule has 0 amide bonds. The van der Waals surface area contributed by atoms with Crippen LogP contribution in [0.4, 0.5) is 11.8 Å². The topological polar surface area (TPSA) is 75.9 Å². The van der Waals surface area contributed by atoms with Crippen molar-refractivity contribution in [1.29, 1.82) is 0 Å². The number of fused-ring (bicyclic) bond motifs is 1. The van der Waals surface area contributed by atoms with Gasteiger partial charge >= 0.3 is 0 Å². The summed E-state index contributed by atoms with van der Waals surface area (Å²) in [6.07, 6.45) is 1.10. The molecule has 1 atom stereocenters.